The molecular weight excluding hydrogens is 534 g/mol. The number of halogens is 1. The van der Waals surface area contributed by atoms with Gasteiger partial charge in [0, 0.05) is 11.6 Å². The predicted octanol–water partition coefficient (Wildman–Crippen LogP) is 7.61. The van der Waals surface area contributed by atoms with Gasteiger partial charge in [-0.3, -0.25) is 9.69 Å². The summed E-state index contributed by atoms with van der Waals surface area (Å²) < 4.78 is 6.72. The molecule has 36 heavy (non-hydrogen) atoms. The predicted molar refractivity (Wildman–Crippen MR) is 150 cm³/mol. The molecule has 1 amide bonds. The number of hydrogen-bond donors (Lipinski definition) is 0. The second-order valence-corrected chi connectivity index (χ2v) is 10.4. The van der Waals surface area contributed by atoms with E-state index in [1.54, 1.807) is 11.0 Å². The van der Waals surface area contributed by atoms with E-state index >= 15 is 0 Å². The highest BCUT2D eigenvalue weighted by Crippen LogP contribution is 2.37. The van der Waals surface area contributed by atoms with Gasteiger partial charge >= 0.3 is 0 Å². The lowest BCUT2D eigenvalue weighted by molar-refractivity contribution is -0.123. The highest BCUT2D eigenvalue weighted by Gasteiger charge is 2.36. The summed E-state index contributed by atoms with van der Waals surface area (Å²) in [5, 5.41) is 9.98. The van der Waals surface area contributed by atoms with Gasteiger partial charge in [0.1, 0.15) is 12.4 Å². The third kappa shape index (κ3) is 5.89. The largest absolute Gasteiger partial charge is 0.488 e. The zero-order valence-electron chi connectivity index (χ0n) is 20.4. The van der Waals surface area contributed by atoms with Gasteiger partial charge < -0.3 is 4.74 Å². The van der Waals surface area contributed by atoms with Crippen LogP contribution in [0.4, 0.5) is 5.69 Å². The van der Waals surface area contributed by atoms with Gasteiger partial charge in [0.05, 0.1) is 26.7 Å². The van der Waals surface area contributed by atoms with Crippen LogP contribution < -0.4 is 4.74 Å². The van der Waals surface area contributed by atoms with Crippen LogP contribution in [0.15, 0.2) is 81.1 Å². The molecule has 0 unspecified atom stereocenters. The molecule has 1 heterocycles. The van der Waals surface area contributed by atoms with Crippen molar-refractivity contribution in [1.29, 1.82) is 5.26 Å². The monoisotopic (exact) mass is 559 g/mol. The van der Waals surface area contributed by atoms with Crippen molar-refractivity contribution in [2.24, 2.45) is 4.99 Å². The lowest BCUT2D eigenvalue weighted by atomic mass is 10.1. The maximum absolute atomic E-state index is 13.3. The van der Waals surface area contributed by atoms with E-state index in [9.17, 15) is 10.1 Å². The smallest absolute Gasteiger partial charge is 0.266 e. The van der Waals surface area contributed by atoms with Crippen molar-refractivity contribution in [2.75, 3.05) is 0 Å². The number of benzene rings is 3. The first-order valence-corrected chi connectivity index (χ1v) is 13.3. The average molecular weight is 561 g/mol. The number of aliphatic imine (C=N–C) groups is 1. The number of aryl methyl sites for hydroxylation is 1. The number of carbonyl (C=O) groups excluding carboxylic acids is 1. The normalized spacial score (nSPS) is 16.4. The second kappa shape index (κ2) is 11.6. The topological polar surface area (TPSA) is 65.7 Å². The van der Waals surface area contributed by atoms with Crippen molar-refractivity contribution < 1.29 is 9.53 Å². The molecule has 7 heteroatoms. The summed E-state index contributed by atoms with van der Waals surface area (Å²) in [5.41, 5.74) is 4.30. The Labute approximate surface area is 224 Å². The molecule has 1 atom stereocenters. The molecular formula is C29H26BrN3O2S. The molecule has 1 fully saturated rings. The van der Waals surface area contributed by atoms with Crippen LogP contribution in [0.2, 0.25) is 0 Å². The van der Waals surface area contributed by atoms with E-state index in [2.05, 4.69) is 28.9 Å². The molecule has 3 aromatic carbocycles. The Morgan fingerprint density at radius 1 is 1.17 bits per heavy atom. The molecule has 0 spiro atoms. The highest BCUT2D eigenvalue weighted by molar-refractivity contribution is 9.10. The third-order valence-corrected chi connectivity index (χ3v) is 7.50. The number of rotatable bonds is 7. The quantitative estimate of drug-likeness (QED) is 0.279. The van der Waals surface area contributed by atoms with Gasteiger partial charge in [0.15, 0.2) is 5.17 Å². The highest BCUT2D eigenvalue weighted by atomic mass is 79.9. The minimum absolute atomic E-state index is 0.0372. The molecule has 0 bridgehead atoms. The van der Waals surface area contributed by atoms with E-state index < -0.39 is 0 Å². The molecule has 3 aromatic rings. The van der Waals surface area contributed by atoms with Crippen molar-refractivity contribution in [1.82, 2.24) is 4.90 Å². The third-order valence-electron chi connectivity index (χ3n) is 5.90. The number of ether oxygens (including phenoxy) is 1. The molecule has 1 aliphatic heterocycles. The van der Waals surface area contributed by atoms with Gasteiger partial charge in [-0.15, -0.1) is 0 Å². The van der Waals surface area contributed by atoms with Crippen molar-refractivity contribution in [3.8, 4) is 11.8 Å². The van der Waals surface area contributed by atoms with E-state index in [-0.39, 0.29) is 11.9 Å². The minimum Gasteiger partial charge on any atom is -0.488 e. The van der Waals surface area contributed by atoms with E-state index in [0.29, 0.717) is 28.0 Å². The van der Waals surface area contributed by atoms with Gasteiger partial charge in [-0.1, -0.05) is 48.9 Å². The van der Waals surface area contributed by atoms with Crippen LogP contribution in [0.3, 0.4) is 0 Å². The molecule has 182 valence electrons. The van der Waals surface area contributed by atoms with Crippen molar-refractivity contribution in [3.05, 3.63) is 98.4 Å². The fourth-order valence-electron chi connectivity index (χ4n) is 3.65. The summed E-state index contributed by atoms with van der Waals surface area (Å²) in [5.74, 6) is 0.628. The van der Waals surface area contributed by atoms with Gasteiger partial charge in [0.2, 0.25) is 0 Å². The molecule has 4 rings (SSSR count). The zero-order valence-corrected chi connectivity index (χ0v) is 22.8. The van der Waals surface area contributed by atoms with E-state index in [0.717, 1.165) is 27.7 Å². The molecule has 0 aliphatic carbocycles. The Morgan fingerprint density at radius 3 is 2.61 bits per heavy atom. The van der Waals surface area contributed by atoms with Crippen LogP contribution in [-0.4, -0.2) is 22.0 Å². The summed E-state index contributed by atoms with van der Waals surface area (Å²) in [7, 11) is 0. The van der Waals surface area contributed by atoms with Crippen LogP contribution in [-0.2, 0) is 11.4 Å². The number of thioether (sulfide) groups is 1. The first-order chi connectivity index (χ1) is 17.4. The SMILES string of the molecule is CC[C@H](C)N1C(=O)/C(=C\c2ccc(OCc3ccccc3C#N)c(Br)c2)SC1=Nc1ccc(C)cc1. The number of carbonyl (C=O) groups is 1. The molecule has 0 N–H and O–H groups in total. The fourth-order valence-corrected chi connectivity index (χ4v) is 5.25. The zero-order chi connectivity index (χ0) is 25.7. The van der Waals surface area contributed by atoms with Crippen molar-refractivity contribution in [2.45, 2.75) is 39.8 Å². The van der Waals surface area contributed by atoms with Crippen LogP contribution >= 0.6 is 27.7 Å². The summed E-state index contributed by atoms with van der Waals surface area (Å²) in [6, 6.07) is 23.3. The number of amidine groups is 1. The van der Waals surface area contributed by atoms with Gasteiger partial charge in [-0.05, 0) is 89.9 Å². The Kier molecular flexibility index (Phi) is 8.29. The summed E-state index contributed by atoms with van der Waals surface area (Å²) in [6.07, 6.45) is 2.72. The Morgan fingerprint density at radius 2 is 1.92 bits per heavy atom. The van der Waals surface area contributed by atoms with Crippen LogP contribution in [0.1, 0.15) is 42.5 Å². The standard InChI is InChI=1S/C29H26BrN3O2S/c1-4-20(3)33-28(34)27(36-29(33)32-24-12-9-19(2)10-13-24)16-21-11-14-26(25(30)15-21)35-18-23-8-6-5-7-22(23)17-31/h5-16,20H,4,18H2,1-3H3/b27-16+,32-29?/t20-/m0/s1. The number of nitriles is 1. The fraction of sp³-hybridized carbons (Fsp3) is 0.207. The lowest BCUT2D eigenvalue weighted by Crippen LogP contribution is -2.36. The Balaban J connectivity index is 1.56. The molecule has 1 saturated heterocycles. The maximum Gasteiger partial charge on any atom is 0.266 e. The van der Waals surface area contributed by atoms with Gasteiger partial charge in [-0.2, -0.15) is 5.26 Å². The van der Waals surface area contributed by atoms with Gasteiger partial charge in [-0.25, -0.2) is 4.99 Å². The summed E-state index contributed by atoms with van der Waals surface area (Å²) in [4.78, 5) is 20.5. The Bertz CT molecular complexity index is 1380. The number of nitrogens with zero attached hydrogens (tertiary/aromatic N) is 3. The molecule has 0 aromatic heterocycles. The van der Waals surface area contributed by atoms with E-state index in [4.69, 9.17) is 9.73 Å². The van der Waals surface area contributed by atoms with Crippen LogP contribution in [0.5, 0.6) is 5.75 Å². The molecule has 5 nitrogen and oxygen atoms in total. The minimum atomic E-state index is -0.0372. The van der Waals surface area contributed by atoms with Crippen molar-refractivity contribution >= 4 is 50.5 Å². The van der Waals surface area contributed by atoms with E-state index in [1.807, 2.05) is 80.6 Å². The molecule has 0 radical (unpaired) electrons. The van der Waals surface area contributed by atoms with Gasteiger partial charge in [0.25, 0.3) is 5.91 Å². The Hall–Kier alpha value is -3.34. The van der Waals surface area contributed by atoms with Crippen molar-refractivity contribution in [3.63, 3.8) is 0 Å². The molecule has 1 aliphatic rings. The maximum atomic E-state index is 13.3. The second-order valence-electron chi connectivity index (χ2n) is 8.52. The molecule has 0 saturated carbocycles. The van der Waals surface area contributed by atoms with Crippen LogP contribution in [0, 0.1) is 18.3 Å². The first kappa shape index (κ1) is 25.7. The average Bonchev–Trinajstić information content (AvgIpc) is 3.18. The number of hydrogen-bond acceptors (Lipinski definition) is 5. The summed E-state index contributed by atoms with van der Waals surface area (Å²) in [6.45, 7) is 6.44. The first-order valence-electron chi connectivity index (χ1n) is 11.7. The van der Waals surface area contributed by atoms with E-state index in [1.165, 1.54) is 17.3 Å². The lowest BCUT2D eigenvalue weighted by Gasteiger charge is -2.22. The number of amides is 1. The van der Waals surface area contributed by atoms with Crippen LogP contribution in [0.25, 0.3) is 6.08 Å². The summed E-state index contributed by atoms with van der Waals surface area (Å²) >= 11 is 4.98.